The van der Waals surface area contributed by atoms with Gasteiger partial charge >= 0.3 is 0 Å². The molecule has 0 spiro atoms. The van der Waals surface area contributed by atoms with E-state index in [0.29, 0.717) is 60.8 Å². The first-order chi connectivity index (χ1) is 15.9. The molecule has 3 heterocycles. The maximum atomic E-state index is 12.9. The summed E-state index contributed by atoms with van der Waals surface area (Å²) in [6.45, 7) is 4.60. The second kappa shape index (κ2) is 9.40. The summed E-state index contributed by atoms with van der Waals surface area (Å²) in [5.74, 6) is 2.76. The zero-order valence-electron chi connectivity index (χ0n) is 19.3. The minimum Gasteiger partial charge on any atom is -0.493 e. The smallest absolute Gasteiger partial charge is 0.291 e. The number of methoxy groups -OCH3 is 2. The van der Waals surface area contributed by atoms with E-state index in [4.69, 9.17) is 13.9 Å². The van der Waals surface area contributed by atoms with Crippen LogP contribution in [0.1, 0.15) is 30.0 Å². The van der Waals surface area contributed by atoms with Crippen molar-refractivity contribution in [2.45, 2.75) is 39.7 Å². The number of carbonyl (C=O) groups is 1. The van der Waals surface area contributed by atoms with Gasteiger partial charge in [-0.3, -0.25) is 14.0 Å². The molecular formula is C24H28N4O5. The SMILES string of the molecule is COc1ccc(CCNC(=O)CCCn2nc(C)n3c(cc4oc(C)cc43)c2=O)cc1OC. The summed E-state index contributed by atoms with van der Waals surface area (Å²) in [6, 6.07) is 9.34. The number of hydrogen-bond acceptors (Lipinski definition) is 6. The summed E-state index contributed by atoms with van der Waals surface area (Å²) in [5.41, 5.74) is 2.88. The van der Waals surface area contributed by atoms with Crippen molar-refractivity contribution in [2.24, 2.45) is 0 Å². The highest BCUT2D eigenvalue weighted by Gasteiger charge is 2.15. The Bertz CT molecular complexity index is 1360. The largest absolute Gasteiger partial charge is 0.493 e. The number of aryl methyl sites for hydroxylation is 3. The number of aromatic nitrogens is 3. The van der Waals surface area contributed by atoms with Crippen molar-refractivity contribution >= 4 is 22.5 Å². The van der Waals surface area contributed by atoms with Crippen molar-refractivity contribution in [3.63, 3.8) is 0 Å². The highest BCUT2D eigenvalue weighted by atomic mass is 16.5. The molecule has 0 bridgehead atoms. The Labute approximate surface area is 190 Å². The summed E-state index contributed by atoms with van der Waals surface area (Å²) >= 11 is 0. The topological polar surface area (TPSA) is 100 Å². The van der Waals surface area contributed by atoms with E-state index in [9.17, 15) is 9.59 Å². The van der Waals surface area contributed by atoms with Gasteiger partial charge in [-0.25, -0.2) is 4.68 Å². The van der Waals surface area contributed by atoms with Gasteiger partial charge in [-0.05, 0) is 44.4 Å². The number of amides is 1. The molecule has 0 aliphatic heterocycles. The van der Waals surface area contributed by atoms with Crippen LogP contribution < -0.4 is 20.3 Å². The van der Waals surface area contributed by atoms with Gasteiger partial charge in [-0.2, -0.15) is 5.10 Å². The zero-order chi connectivity index (χ0) is 23.5. The fourth-order valence-corrected chi connectivity index (χ4v) is 4.03. The minimum absolute atomic E-state index is 0.0583. The van der Waals surface area contributed by atoms with E-state index in [1.54, 1.807) is 20.3 Å². The van der Waals surface area contributed by atoms with Crippen LogP contribution in [0.15, 0.2) is 39.5 Å². The number of hydrogen-bond donors (Lipinski definition) is 1. The summed E-state index contributed by atoms with van der Waals surface area (Å²) in [4.78, 5) is 25.1. The number of rotatable bonds is 9. The van der Waals surface area contributed by atoms with Crippen LogP contribution in [0.4, 0.5) is 0 Å². The number of fused-ring (bicyclic) bond motifs is 3. The first-order valence-corrected chi connectivity index (χ1v) is 10.9. The van der Waals surface area contributed by atoms with Crippen molar-refractivity contribution < 1.29 is 18.7 Å². The van der Waals surface area contributed by atoms with E-state index < -0.39 is 0 Å². The van der Waals surface area contributed by atoms with Crippen LogP contribution in [0.5, 0.6) is 11.5 Å². The maximum Gasteiger partial charge on any atom is 0.291 e. The van der Waals surface area contributed by atoms with Gasteiger partial charge in [0.2, 0.25) is 5.91 Å². The minimum atomic E-state index is -0.196. The molecule has 4 rings (SSSR count). The predicted octanol–water partition coefficient (Wildman–Crippen LogP) is 3.02. The van der Waals surface area contributed by atoms with Gasteiger partial charge in [0.25, 0.3) is 5.56 Å². The Morgan fingerprint density at radius 1 is 1.09 bits per heavy atom. The quantitative estimate of drug-likeness (QED) is 0.419. The first kappa shape index (κ1) is 22.4. The van der Waals surface area contributed by atoms with E-state index in [2.05, 4.69) is 10.4 Å². The average molecular weight is 453 g/mol. The highest BCUT2D eigenvalue weighted by Crippen LogP contribution is 2.27. The molecule has 0 fully saturated rings. The molecule has 0 aliphatic rings. The molecule has 174 valence electrons. The van der Waals surface area contributed by atoms with Crippen molar-refractivity contribution in [1.82, 2.24) is 19.5 Å². The van der Waals surface area contributed by atoms with Crippen LogP contribution in [-0.2, 0) is 17.8 Å². The van der Waals surface area contributed by atoms with Gasteiger partial charge < -0.3 is 19.2 Å². The third-order valence-corrected chi connectivity index (χ3v) is 5.61. The van der Waals surface area contributed by atoms with Crippen molar-refractivity contribution in [1.29, 1.82) is 0 Å². The molecule has 4 aromatic rings. The second-order valence-electron chi connectivity index (χ2n) is 7.94. The molecule has 9 nitrogen and oxygen atoms in total. The van der Waals surface area contributed by atoms with Gasteiger partial charge in [-0.1, -0.05) is 6.07 Å². The number of ether oxygens (including phenoxy) is 2. The van der Waals surface area contributed by atoms with Gasteiger partial charge in [0.15, 0.2) is 17.1 Å². The standard InChI is InChI=1S/C24H28N4O5/c1-15-12-18-21(33-15)14-19-24(30)27(26-16(2)28(18)19)11-5-6-23(29)25-10-9-17-7-8-20(31-3)22(13-17)32-4/h7-8,12-14H,5-6,9-11H2,1-4H3,(H,25,29). The molecule has 0 saturated heterocycles. The number of furan rings is 1. The molecule has 9 heteroatoms. The van der Waals surface area contributed by atoms with Crippen molar-refractivity contribution in [3.8, 4) is 11.5 Å². The first-order valence-electron chi connectivity index (χ1n) is 10.9. The van der Waals surface area contributed by atoms with Crippen LogP contribution in [-0.4, -0.2) is 40.9 Å². The molecular weight excluding hydrogens is 424 g/mol. The van der Waals surface area contributed by atoms with E-state index in [1.807, 2.05) is 42.5 Å². The number of nitrogens with one attached hydrogen (secondary N) is 1. The van der Waals surface area contributed by atoms with E-state index in [-0.39, 0.29) is 11.5 Å². The molecule has 33 heavy (non-hydrogen) atoms. The maximum absolute atomic E-state index is 12.9. The lowest BCUT2D eigenvalue weighted by atomic mass is 10.1. The molecule has 0 saturated carbocycles. The van der Waals surface area contributed by atoms with Crippen molar-refractivity contribution in [2.75, 3.05) is 20.8 Å². The van der Waals surface area contributed by atoms with Crippen molar-refractivity contribution in [3.05, 3.63) is 57.8 Å². The fraction of sp³-hybridized carbons (Fsp3) is 0.375. The molecule has 1 amide bonds. The average Bonchev–Trinajstić information content (AvgIpc) is 3.33. The van der Waals surface area contributed by atoms with Crippen LogP contribution in [0.2, 0.25) is 0 Å². The number of nitrogens with zero attached hydrogens (tertiary/aromatic N) is 3. The van der Waals surface area contributed by atoms with Gasteiger partial charge in [0, 0.05) is 31.6 Å². The Hall–Kier alpha value is -3.75. The molecule has 0 unspecified atom stereocenters. The van der Waals surface area contributed by atoms with Gasteiger partial charge in [-0.15, -0.1) is 0 Å². The van der Waals surface area contributed by atoms with Crippen LogP contribution in [0.3, 0.4) is 0 Å². The fourth-order valence-electron chi connectivity index (χ4n) is 4.03. The zero-order valence-corrected chi connectivity index (χ0v) is 19.3. The normalized spacial score (nSPS) is 11.3. The molecule has 1 N–H and O–H groups in total. The Kier molecular flexibility index (Phi) is 6.39. The molecule has 0 atom stereocenters. The molecule has 0 radical (unpaired) electrons. The monoisotopic (exact) mass is 452 g/mol. The lowest BCUT2D eigenvalue weighted by Gasteiger charge is -2.10. The molecule has 1 aromatic carbocycles. The summed E-state index contributed by atoms with van der Waals surface area (Å²) in [5, 5.41) is 7.36. The Morgan fingerprint density at radius 2 is 1.88 bits per heavy atom. The van der Waals surface area contributed by atoms with Gasteiger partial charge in [0.1, 0.15) is 17.1 Å². The van der Waals surface area contributed by atoms with E-state index in [1.165, 1.54) is 4.68 Å². The Balaban J connectivity index is 1.31. The lowest BCUT2D eigenvalue weighted by molar-refractivity contribution is -0.121. The van der Waals surface area contributed by atoms with E-state index >= 15 is 0 Å². The summed E-state index contributed by atoms with van der Waals surface area (Å²) < 4.78 is 19.4. The number of benzene rings is 1. The lowest BCUT2D eigenvalue weighted by Crippen LogP contribution is -2.28. The second-order valence-corrected chi connectivity index (χ2v) is 7.94. The summed E-state index contributed by atoms with van der Waals surface area (Å²) in [7, 11) is 3.19. The van der Waals surface area contributed by atoms with E-state index in [0.717, 1.165) is 16.8 Å². The number of carbonyl (C=O) groups excluding carboxylic acids is 1. The van der Waals surface area contributed by atoms with Crippen LogP contribution in [0, 0.1) is 13.8 Å². The molecule has 3 aromatic heterocycles. The molecule has 0 aliphatic carbocycles. The third-order valence-electron chi connectivity index (χ3n) is 5.61. The van der Waals surface area contributed by atoms with Crippen LogP contribution >= 0.6 is 0 Å². The highest BCUT2D eigenvalue weighted by molar-refractivity contribution is 5.83. The Morgan fingerprint density at radius 3 is 2.64 bits per heavy atom. The van der Waals surface area contributed by atoms with Crippen LogP contribution in [0.25, 0.3) is 16.6 Å². The summed E-state index contributed by atoms with van der Waals surface area (Å²) in [6.07, 6.45) is 1.51. The third kappa shape index (κ3) is 4.57. The van der Waals surface area contributed by atoms with Gasteiger partial charge in [0.05, 0.1) is 19.7 Å². The predicted molar refractivity (Wildman–Crippen MR) is 124 cm³/mol.